The summed E-state index contributed by atoms with van der Waals surface area (Å²) < 4.78 is 82.0. The molecule has 1 spiro atoms. The minimum absolute atomic E-state index is 0.00999. The van der Waals surface area contributed by atoms with Crippen molar-refractivity contribution in [3.05, 3.63) is 68.5 Å². The number of alkyl carbamates (subject to hydrolysis) is 1. The number of fused-ring (bicyclic) bond motifs is 4. The highest BCUT2D eigenvalue weighted by Crippen LogP contribution is 2.61. The smallest absolute Gasteiger partial charge is 0.407 e. The molecule has 6 aliphatic heterocycles. The SMILES string of the molecule is COC(=O)N[C@H]1[C@@H](C)O[C@@H](O[C@H]2C/C=C(\C)[C@@H]3C=C[C@@H]4[C@@H](O[C@H]5C[C@@H](O[C@H]6CC(O[C@H]7C[C@H](O)[C@@H](O)[C@H](C)O7)C(O[C@@H]7C[C@@H](O)[C@@H](OC)[C@H](C)O7)[C@H](C)O6)[C@@H](O)[C@H](C)O5)[C@@H](C)C[C@H](C)[C@H]4[C@]3(C)/C(O)=C3/C(=O)O[C@]4(C[C@@H](C)C(CO)=C[C@H]4/C=C/2C)C3=O)C[C@]1(C)[N+](=O)[O-]. The molecule has 6 heterocycles. The Labute approximate surface area is 543 Å². The molecule has 93 heavy (non-hydrogen) atoms. The van der Waals surface area contributed by atoms with E-state index in [2.05, 4.69) is 25.2 Å². The number of nitro groups is 1. The van der Waals surface area contributed by atoms with Gasteiger partial charge >= 0.3 is 12.1 Å². The van der Waals surface area contributed by atoms with E-state index in [1.807, 2.05) is 32.9 Å². The Morgan fingerprint density at radius 1 is 0.688 bits per heavy atom. The Morgan fingerprint density at radius 3 is 1.92 bits per heavy atom. The lowest BCUT2D eigenvalue weighted by atomic mass is 9.49. The van der Waals surface area contributed by atoms with Gasteiger partial charge in [0.15, 0.2) is 37.1 Å². The number of allylic oxidation sites excluding steroid dienone is 3. The molecule has 6 saturated heterocycles. The predicted molar refractivity (Wildman–Crippen MR) is 327 cm³/mol. The van der Waals surface area contributed by atoms with Gasteiger partial charge in [0.1, 0.15) is 41.8 Å². The lowest BCUT2D eigenvalue weighted by molar-refractivity contribution is -0.584. The zero-order chi connectivity index (χ0) is 67.7. The third-order valence-corrected chi connectivity index (χ3v) is 22.3. The first-order valence-corrected chi connectivity index (χ1v) is 33.2. The molecule has 2 unspecified atom stereocenters. The fourth-order valence-corrected chi connectivity index (χ4v) is 17.2. The Kier molecular flexibility index (Phi) is 21.7. The van der Waals surface area contributed by atoms with Crippen molar-refractivity contribution in [1.82, 2.24) is 5.32 Å². The molecular formula is C67H100N2O24. The number of methoxy groups -OCH3 is 2. The van der Waals surface area contributed by atoms with E-state index >= 15 is 4.79 Å². The van der Waals surface area contributed by atoms with Crippen molar-refractivity contribution in [3.63, 3.8) is 0 Å². The summed E-state index contributed by atoms with van der Waals surface area (Å²) >= 11 is 0. The van der Waals surface area contributed by atoms with Gasteiger partial charge in [-0.1, -0.05) is 63.6 Å². The Bertz CT molecular complexity index is 2880. The zero-order valence-corrected chi connectivity index (χ0v) is 55.9. The number of aliphatic hydroxyl groups is 6. The van der Waals surface area contributed by atoms with Crippen LogP contribution in [-0.4, -0.2) is 214 Å². The van der Waals surface area contributed by atoms with Crippen molar-refractivity contribution >= 4 is 17.8 Å². The van der Waals surface area contributed by atoms with Gasteiger partial charge in [0.25, 0.3) is 0 Å². The van der Waals surface area contributed by atoms with E-state index in [1.54, 1.807) is 53.7 Å². The number of esters is 1. The number of nitrogens with zero attached hydrogens (tertiary/aromatic N) is 1. The largest absolute Gasteiger partial charge is 0.511 e. The molecule has 7 fully saturated rings. The molecule has 0 aromatic rings. The van der Waals surface area contributed by atoms with E-state index in [1.165, 1.54) is 14.0 Å². The van der Waals surface area contributed by atoms with E-state index in [4.69, 9.17) is 61.6 Å². The first kappa shape index (κ1) is 71.4. The summed E-state index contributed by atoms with van der Waals surface area (Å²) in [6, 6.07) is -1.09. The molecule has 2 bridgehead atoms. The number of carbonyl (C=O) groups is 3. The van der Waals surface area contributed by atoms with E-state index in [0.29, 0.717) is 17.6 Å². The van der Waals surface area contributed by atoms with Gasteiger partial charge in [0.05, 0.1) is 87.3 Å². The van der Waals surface area contributed by atoms with Crippen molar-refractivity contribution in [2.75, 3.05) is 20.8 Å². The van der Waals surface area contributed by atoms with Crippen LogP contribution >= 0.6 is 0 Å². The monoisotopic (exact) mass is 1320 g/mol. The molecule has 522 valence electrons. The maximum Gasteiger partial charge on any atom is 0.407 e. The Balaban J connectivity index is 0.943. The number of carbonyl (C=O) groups excluding carboxylic acids is 3. The Morgan fingerprint density at radius 2 is 1.28 bits per heavy atom. The highest BCUT2D eigenvalue weighted by molar-refractivity contribution is 6.26. The van der Waals surface area contributed by atoms with Gasteiger partial charge in [-0.3, -0.25) is 14.9 Å². The van der Waals surface area contributed by atoms with Gasteiger partial charge in [0.2, 0.25) is 11.3 Å². The van der Waals surface area contributed by atoms with Gasteiger partial charge < -0.3 is 97.5 Å². The van der Waals surface area contributed by atoms with Crippen LogP contribution in [0, 0.1) is 57.0 Å². The quantitative estimate of drug-likeness (QED) is 0.0373. The van der Waals surface area contributed by atoms with Crippen molar-refractivity contribution in [1.29, 1.82) is 0 Å². The molecule has 10 rings (SSSR count). The van der Waals surface area contributed by atoms with Crippen LogP contribution in [0.2, 0.25) is 0 Å². The molecule has 4 aliphatic carbocycles. The molecule has 1 amide bonds. The summed E-state index contributed by atoms with van der Waals surface area (Å²) in [6.45, 7) is 21.2. The number of aliphatic hydroxyl groups excluding tert-OH is 6. The molecule has 31 atom stereocenters. The minimum Gasteiger partial charge on any atom is -0.511 e. The highest BCUT2D eigenvalue weighted by Gasteiger charge is 2.64. The molecule has 0 aromatic carbocycles. The van der Waals surface area contributed by atoms with E-state index in [0.717, 1.165) is 12.7 Å². The number of amides is 1. The number of nitrogens with one attached hydrogen (secondary N) is 1. The number of hydrogen-bond donors (Lipinski definition) is 7. The maximum absolute atomic E-state index is 15.7. The summed E-state index contributed by atoms with van der Waals surface area (Å²) in [7, 11) is 2.66. The van der Waals surface area contributed by atoms with E-state index < -0.39 is 209 Å². The van der Waals surface area contributed by atoms with Gasteiger partial charge in [-0.15, -0.1) is 0 Å². The standard InChI is InChI=1S/C67H100N2O24/c1-29-15-18-45(88-52-27-65(11,69(79)80)60(38(10)87-52)68-64(78)82-14)30(2)20-40-21-39(28-70)33(5)26-67(40)62(76)53(63(77)93-67)61(75)66(12)42(29)17-16-41-54(66)31(3)19-32(4)57(41)91-51-24-46(56(74)35(7)84-51)89-50-25-47(90-48-22-43(71)55(73)34(6)83-48)59(37(9)86-50)92-49-23-44(72)58(81-13)36(8)85-49/h15-17,20-21,31-38,40-52,54-60,70-75H,18-19,22-28H2,1-14H3,(H,68,78)/b29-15+,30-20+,61-53-/t31-,32-,33+,34-,35-,36-,37-,38+,40+,41-,42-,43-,44+,45-,46+,47?,48-,49+,50-,51-,52-,54+,55-,56-,57-,58-,59?,60-,65-,66+,67-/m0/s1. The molecule has 0 radical (unpaired) electrons. The molecule has 1 saturated carbocycles. The van der Waals surface area contributed by atoms with Gasteiger partial charge in [-0.2, -0.15) is 0 Å². The average molecular weight is 1320 g/mol. The van der Waals surface area contributed by atoms with Crippen LogP contribution in [0.5, 0.6) is 0 Å². The van der Waals surface area contributed by atoms with Crippen molar-refractivity contribution in [2.24, 2.45) is 46.8 Å². The molecule has 10 aliphatic rings. The highest BCUT2D eigenvalue weighted by atomic mass is 16.8. The second kappa shape index (κ2) is 28.3. The lowest BCUT2D eigenvalue weighted by Crippen LogP contribution is -2.65. The third-order valence-electron chi connectivity index (χ3n) is 22.3. The van der Waals surface area contributed by atoms with Crippen molar-refractivity contribution < 1.29 is 112 Å². The molecule has 26 nitrogen and oxygen atoms in total. The summed E-state index contributed by atoms with van der Waals surface area (Å²) in [5, 5.41) is 83.6. The molecule has 7 N–H and O–H groups in total. The summed E-state index contributed by atoms with van der Waals surface area (Å²) in [6.07, 6.45) is -8.05. The number of Topliss-reactive ketones (excluding diaryl/α,β-unsaturated/α-hetero) is 1. The summed E-state index contributed by atoms with van der Waals surface area (Å²) in [5.41, 5.74) is -3.49. The van der Waals surface area contributed by atoms with Crippen LogP contribution < -0.4 is 5.32 Å². The number of rotatable bonds is 14. The first-order valence-electron chi connectivity index (χ1n) is 33.2. The van der Waals surface area contributed by atoms with Crippen molar-refractivity contribution in [3.8, 4) is 0 Å². The Hall–Kier alpha value is -4.33. The van der Waals surface area contributed by atoms with Crippen LogP contribution in [0.15, 0.2) is 58.4 Å². The summed E-state index contributed by atoms with van der Waals surface area (Å²) in [5.74, 6) is -5.33. The van der Waals surface area contributed by atoms with Crippen molar-refractivity contribution in [2.45, 2.75) is 275 Å². The predicted octanol–water partition coefficient (Wildman–Crippen LogP) is 5.45. The number of hydrogen-bond acceptors (Lipinski definition) is 24. The molecular weight excluding hydrogens is 1220 g/mol. The van der Waals surface area contributed by atoms with Gasteiger partial charge in [0, 0.05) is 74.2 Å². The number of ether oxygens (including phenoxy) is 13. The van der Waals surface area contributed by atoms with Crippen LogP contribution in [-0.2, 0) is 71.2 Å². The maximum atomic E-state index is 15.7. The fourth-order valence-electron chi connectivity index (χ4n) is 17.2. The second-order valence-electron chi connectivity index (χ2n) is 28.6. The third kappa shape index (κ3) is 13.7. The topological polar surface area (TPSA) is 348 Å². The summed E-state index contributed by atoms with van der Waals surface area (Å²) in [4.78, 5) is 55.4. The van der Waals surface area contributed by atoms with E-state index in [-0.39, 0.29) is 63.4 Å². The van der Waals surface area contributed by atoms with Gasteiger partial charge in [-0.05, 0) is 96.1 Å². The van der Waals surface area contributed by atoms with E-state index in [9.17, 15) is 50.3 Å². The fraction of sp³-hybridized carbons (Fsp3) is 0.806. The normalized spacial score (nSPS) is 49.9. The number of ketones is 1. The molecule has 26 heteroatoms. The van der Waals surface area contributed by atoms with Gasteiger partial charge in [-0.25, -0.2) is 9.59 Å². The van der Waals surface area contributed by atoms with Crippen LogP contribution in [0.4, 0.5) is 4.79 Å². The zero-order valence-electron chi connectivity index (χ0n) is 55.9. The van der Waals surface area contributed by atoms with Crippen LogP contribution in [0.1, 0.15) is 134 Å². The first-order chi connectivity index (χ1) is 43.9. The molecule has 0 aromatic heterocycles. The van der Waals surface area contributed by atoms with Crippen LogP contribution in [0.25, 0.3) is 0 Å². The second-order valence-corrected chi connectivity index (χ2v) is 28.6. The van der Waals surface area contributed by atoms with Crippen LogP contribution in [0.3, 0.4) is 0 Å². The lowest BCUT2D eigenvalue weighted by Gasteiger charge is -2.56. The minimum atomic E-state index is -1.84. The average Bonchev–Trinajstić information content (AvgIpc) is 1.70.